The van der Waals surface area contributed by atoms with Crippen LogP contribution in [-0.4, -0.2) is 17.2 Å². The number of aryl methyl sites for hydroxylation is 2. The van der Waals surface area contributed by atoms with Gasteiger partial charge in [0.05, 0.1) is 12.6 Å². The molecule has 2 N–H and O–H groups in total. The highest BCUT2D eigenvalue weighted by Gasteiger charge is 2.11. The molecule has 2 aromatic heterocycles. The van der Waals surface area contributed by atoms with Gasteiger partial charge in [-0.15, -0.1) is 16.4 Å². The molecule has 0 aliphatic rings. The number of aromatic nitrogens is 2. The van der Waals surface area contributed by atoms with Gasteiger partial charge in [0.1, 0.15) is 0 Å². The van der Waals surface area contributed by atoms with Crippen molar-refractivity contribution in [3.8, 4) is 0 Å². The summed E-state index contributed by atoms with van der Waals surface area (Å²) in [5, 5.41) is 14.2. The zero-order chi connectivity index (χ0) is 13.1. The summed E-state index contributed by atoms with van der Waals surface area (Å²) in [5.41, 5.74) is 1.33. The minimum Gasteiger partial charge on any atom is -0.406 e. The predicted molar refractivity (Wildman–Crippen MR) is 72.9 cm³/mol. The minimum atomic E-state index is 0.0688. The molecule has 18 heavy (non-hydrogen) atoms. The molecule has 0 radical (unpaired) electrons. The average Bonchev–Trinajstić information content (AvgIpc) is 2.94. The van der Waals surface area contributed by atoms with Crippen LogP contribution < -0.4 is 10.6 Å². The summed E-state index contributed by atoms with van der Waals surface area (Å²) in [4.78, 5) is 2.62. The summed E-state index contributed by atoms with van der Waals surface area (Å²) in [6.07, 6.45) is 0. The topological polar surface area (TPSA) is 63.0 Å². The normalized spacial score (nSPS) is 12.7. The highest BCUT2D eigenvalue weighted by atomic mass is 32.1. The summed E-state index contributed by atoms with van der Waals surface area (Å²) < 4.78 is 5.50. The zero-order valence-electron chi connectivity index (χ0n) is 11.1. The van der Waals surface area contributed by atoms with Crippen molar-refractivity contribution in [2.24, 2.45) is 0 Å². The van der Waals surface area contributed by atoms with Gasteiger partial charge in [-0.25, -0.2) is 0 Å². The lowest BCUT2D eigenvalue weighted by Gasteiger charge is -2.02. The number of thiophene rings is 1. The molecular formula is C12H18N4OS. The molecule has 2 rings (SSSR count). The second-order valence-electron chi connectivity index (χ2n) is 4.26. The lowest BCUT2D eigenvalue weighted by molar-refractivity contribution is 0.441. The van der Waals surface area contributed by atoms with Gasteiger partial charge >= 0.3 is 6.01 Å². The molecule has 5 nitrogen and oxygen atoms in total. The van der Waals surface area contributed by atoms with Crippen molar-refractivity contribution in [2.45, 2.75) is 33.4 Å². The zero-order valence-corrected chi connectivity index (χ0v) is 11.9. The Morgan fingerprint density at radius 2 is 2.17 bits per heavy atom. The Balaban J connectivity index is 1.96. The van der Waals surface area contributed by atoms with Crippen molar-refractivity contribution in [1.29, 1.82) is 0 Å². The molecule has 1 atom stereocenters. The van der Waals surface area contributed by atoms with Gasteiger partial charge in [-0.1, -0.05) is 5.10 Å². The second-order valence-corrected chi connectivity index (χ2v) is 5.60. The molecule has 6 heteroatoms. The molecule has 0 aromatic carbocycles. The van der Waals surface area contributed by atoms with Gasteiger partial charge in [-0.2, -0.15) is 0 Å². The quantitative estimate of drug-likeness (QED) is 0.871. The van der Waals surface area contributed by atoms with E-state index in [4.69, 9.17) is 4.42 Å². The Labute approximate surface area is 111 Å². The van der Waals surface area contributed by atoms with Crippen LogP contribution in [0.2, 0.25) is 0 Å². The van der Waals surface area contributed by atoms with Crippen LogP contribution in [0.1, 0.15) is 34.2 Å². The molecule has 0 aliphatic heterocycles. The second kappa shape index (κ2) is 5.49. The fourth-order valence-electron chi connectivity index (χ4n) is 1.50. The maximum absolute atomic E-state index is 5.50. The summed E-state index contributed by atoms with van der Waals surface area (Å²) in [6.45, 7) is 6.94. The molecule has 0 bridgehead atoms. The van der Waals surface area contributed by atoms with Crippen LogP contribution in [0.3, 0.4) is 0 Å². The van der Waals surface area contributed by atoms with Crippen LogP contribution >= 0.6 is 11.3 Å². The Morgan fingerprint density at radius 1 is 1.39 bits per heavy atom. The van der Waals surface area contributed by atoms with Crippen molar-refractivity contribution < 1.29 is 4.42 Å². The molecule has 98 valence electrons. The van der Waals surface area contributed by atoms with Crippen LogP contribution in [0.25, 0.3) is 0 Å². The Hall–Kier alpha value is -1.40. The third-order valence-corrected chi connectivity index (χ3v) is 4.03. The Bertz CT molecular complexity index is 500. The van der Waals surface area contributed by atoms with E-state index in [1.165, 1.54) is 15.3 Å². The van der Waals surface area contributed by atoms with Gasteiger partial charge in [0.15, 0.2) is 0 Å². The summed E-state index contributed by atoms with van der Waals surface area (Å²) in [7, 11) is 1.86. The molecule has 0 saturated carbocycles. The monoisotopic (exact) mass is 266 g/mol. The predicted octanol–water partition coefficient (Wildman–Crippen LogP) is 2.64. The van der Waals surface area contributed by atoms with E-state index in [-0.39, 0.29) is 6.04 Å². The molecule has 0 fully saturated rings. The van der Waals surface area contributed by atoms with Crippen molar-refractivity contribution >= 4 is 17.4 Å². The minimum absolute atomic E-state index is 0.0688. The van der Waals surface area contributed by atoms with Gasteiger partial charge in [-0.3, -0.25) is 0 Å². The van der Waals surface area contributed by atoms with Crippen LogP contribution in [0, 0.1) is 13.8 Å². The van der Waals surface area contributed by atoms with E-state index >= 15 is 0 Å². The fourth-order valence-corrected chi connectivity index (χ4v) is 2.50. The first-order chi connectivity index (χ1) is 8.60. The molecule has 0 saturated heterocycles. The van der Waals surface area contributed by atoms with E-state index < -0.39 is 0 Å². The Kier molecular flexibility index (Phi) is 3.98. The molecule has 0 spiro atoms. The molecule has 2 aromatic rings. The molecule has 2 heterocycles. The van der Waals surface area contributed by atoms with E-state index in [2.05, 4.69) is 40.7 Å². The summed E-state index contributed by atoms with van der Waals surface area (Å²) in [5.74, 6) is 0.596. The van der Waals surface area contributed by atoms with Crippen LogP contribution in [0.4, 0.5) is 6.01 Å². The van der Waals surface area contributed by atoms with Gasteiger partial charge in [0.25, 0.3) is 0 Å². The first-order valence-electron chi connectivity index (χ1n) is 5.90. The highest BCUT2D eigenvalue weighted by molar-refractivity contribution is 7.12. The third kappa shape index (κ3) is 2.88. The lowest BCUT2D eigenvalue weighted by atomic mass is 10.3. The standard InChI is InChI=1S/C12H18N4OS/c1-7-5-10(18-9(7)3)6-14-12-16-15-11(17-12)8(2)13-4/h5,8,13H,6H2,1-4H3,(H,14,16). The maximum atomic E-state index is 5.50. The van der Waals surface area contributed by atoms with Crippen molar-refractivity contribution in [3.05, 3.63) is 27.3 Å². The van der Waals surface area contributed by atoms with Gasteiger partial charge in [-0.05, 0) is 39.4 Å². The summed E-state index contributed by atoms with van der Waals surface area (Å²) >= 11 is 1.79. The average molecular weight is 266 g/mol. The van der Waals surface area contributed by atoms with Gasteiger partial charge in [0.2, 0.25) is 5.89 Å². The van der Waals surface area contributed by atoms with Crippen molar-refractivity contribution in [3.63, 3.8) is 0 Å². The van der Waals surface area contributed by atoms with E-state index in [0.29, 0.717) is 11.9 Å². The first kappa shape index (κ1) is 13.0. The lowest BCUT2D eigenvalue weighted by Crippen LogP contribution is -2.12. The smallest absolute Gasteiger partial charge is 0.315 e. The number of nitrogens with zero attached hydrogens (tertiary/aromatic N) is 2. The van der Waals surface area contributed by atoms with Crippen LogP contribution in [-0.2, 0) is 6.54 Å². The number of nitrogens with one attached hydrogen (secondary N) is 2. The number of rotatable bonds is 5. The Morgan fingerprint density at radius 3 is 2.78 bits per heavy atom. The summed E-state index contributed by atoms with van der Waals surface area (Å²) in [6, 6.07) is 2.72. The third-order valence-electron chi connectivity index (χ3n) is 2.87. The van der Waals surface area contributed by atoms with Crippen molar-refractivity contribution in [2.75, 3.05) is 12.4 Å². The number of hydrogen-bond donors (Lipinski definition) is 2. The van der Waals surface area contributed by atoms with Crippen molar-refractivity contribution in [1.82, 2.24) is 15.5 Å². The molecule has 1 unspecified atom stereocenters. The van der Waals surface area contributed by atoms with Gasteiger partial charge in [0, 0.05) is 9.75 Å². The largest absolute Gasteiger partial charge is 0.406 e. The van der Waals surface area contributed by atoms with E-state index in [9.17, 15) is 0 Å². The number of anilines is 1. The van der Waals surface area contributed by atoms with Gasteiger partial charge < -0.3 is 15.1 Å². The number of hydrogen-bond acceptors (Lipinski definition) is 6. The van der Waals surface area contributed by atoms with Crippen LogP contribution in [0.15, 0.2) is 10.5 Å². The van der Waals surface area contributed by atoms with E-state index in [1.807, 2.05) is 14.0 Å². The molecule has 0 amide bonds. The fraction of sp³-hybridized carbons (Fsp3) is 0.500. The maximum Gasteiger partial charge on any atom is 0.315 e. The highest BCUT2D eigenvalue weighted by Crippen LogP contribution is 2.21. The SMILES string of the molecule is CNC(C)c1nnc(NCc2cc(C)c(C)s2)o1. The molecular weight excluding hydrogens is 248 g/mol. The van der Waals surface area contributed by atoms with E-state index in [1.54, 1.807) is 11.3 Å². The van der Waals surface area contributed by atoms with Crippen LogP contribution in [0.5, 0.6) is 0 Å². The van der Waals surface area contributed by atoms with E-state index in [0.717, 1.165) is 6.54 Å². The molecule has 0 aliphatic carbocycles. The first-order valence-corrected chi connectivity index (χ1v) is 6.72.